The molecular formula is C28H30F2N2. The normalized spacial score (nSPS) is 17.5. The number of rotatable bonds is 6. The predicted octanol–water partition coefficient (Wildman–Crippen LogP) is 6.34. The smallest absolute Gasteiger partial charge is 0.123 e. The van der Waals surface area contributed by atoms with Gasteiger partial charge in [0.05, 0.1) is 0 Å². The minimum atomic E-state index is -0.225. The Labute approximate surface area is 189 Å². The highest BCUT2D eigenvalue weighted by atomic mass is 19.1. The standard InChI is InChI=1S/C28H30F2N2/c29-23-11-7-21(8-12-23)25(22-9-13-24(30)14-10-22)4-3-17-32-18-15-28(16-19-32)20-31-27-6-2-1-5-26(27)28/h1-2,5-14,25,31H,3-4,15-20H2. The van der Waals surface area contributed by atoms with E-state index in [1.165, 1.54) is 48.4 Å². The number of likely N-dealkylation sites (tertiary alicyclic amines) is 1. The van der Waals surface area contributed by atoms with Crippen LogP contribution in [0.2, 0.25) is 0 Å². The van der Waals surface area contributed by atoms with Crippen LogP contribution < -0.4 is 5.32 Å². The number of hydrogen-bond donors (Lipinski definition) is 1. The molecule has 0 aromatic heterocycles. The van der Waals surface area contributed by atoms with Crippen LogP contribution in [-0.2, 0) is 5.41 Å². The highest BCUT2D eigenvalue weighted by molar-refractivity contribution is 5.60. The van der Waals surface area contributed by atoms with E-state index < -0.39 is 0 Å². The fraction of sp³-hybridized carbons (Fsp3) is 0.357. The second-order valence-corrected chi connectivity index (χ2v) is 9.32. The van der Waals surface area contributed by atoms with Crippen molar-refractivity contribution >= 4 is 5.69 Å². The van der Waals surface area contributed by atoms with E-state index in [1.54, 1.807) is 0 Å². The minimum absolute atomic E-state index is 0.151. The van der Waals surface area contributed by atoms with Crippen LogP contribution in [0.15, 0.2) is 72.8 Å². The van der Waals surface area contributed by atoms with Crippen LogP contribution in [0.4, 0.5) is 14.5 Å². The molecule has 1 saturated heterocycles. The third kappa shape index (κ3) is 4.29. The quantitative estimate of drug-likeness (QED) is 0.489. The van der Waals surface area contributed by atoms with Gasteiger partial charge in [0, 0.05) is 23.6 Å². The van der Waals surface area contributed by atoms with Crippen molar-refractivity contribution in [3.05, 3.63) is 101 Å². The third-order valence-corrected chi connectivity index (χ3v) is 7.44. The van der Waals surface area contributed by atoms with Crippen LogP contribution >= 0.6 is 0 Å². The zero-order chi connectivity index (χ0) is 22.0. The molecule has 5 rings (SSSR count). The topological polar surface area (TPSA) is 15.3 Å². The molecule has 0 atom stereocenters. The monoisotopic (exact) mass is 432 g/mol. The molecule has 0 bridgehead atoms. The lowest BCUT2D eigenvalue weighted by Crippen LogP contribution is -2.44. The highest BCUT2D eigenvalue weighted by Gasteiger charge is 2.40. The molecule has 2 nitrogen and oxygen atoms in total. The molecule has 166 valence electrons. The van der Waals surface area contributed by atoms with Gasteiger partial charge in [0.1, 0.15) is 11.6 Å². The fourth-order valence-electron chi connectivity index (χ4n) is 5.55. The van der Waals surface area contributed by atoms with E-state index in [-0.39, 0.29) is 23.0 Å². The maximum absolute atomic E-state index is 13.5. The molecule has 0 unspecified atom stereocenters. The van der Waals surface area contributed by atoms with Crippen molar-refractivity contribution in [3.8, 4) is 0 Å². The van der Waals surface area contributed by atoms with Gasteiger partial charge in [0.25, 0.3) is 0 Å². The Balaban J connectivity index is 1.21. The van der Waals surface area contributed by atoms with Gasteiger partial charge in [-0.25, -0.2) is 8.78 Å². The van der Waals surface area contributed by atoms with Crippen molar-refractivity contribution in [2.24, 2.45) is 0 Å². The summed E-state index contributed by atoms with van der Waals surface area (Å²) < 4.78 is 26.9. The molecule has 2 aliphatic heterocycles. The Morgan fingerprint density at radius 1 is 0.812 bits per heavy atom. The van der Waals surface area contributed by atoms with Gasteiger partial charge in [-0.15, -0.1) is 0 Å². The molecule has 3 aromatic carbocycles. The van der Waals surface area contributed by atoms with Crippen LogP contribution in [0.3, 0.4) is 0 Å². The lowest BCUT2D eigenvalue weighted by molar-refractivity contribution is 0.166. The van der Waals surface area contributed by atoms with Gasteiger partial charge in [0.2, 0.25) is 0 Å². The van der Waals surface area contributed by atoms with E-state index in [2.05, 4.69) is 34.5 Å². The first-order valence-corrected chi connectivity index (χ1v) is 11.7. The van der Waals surface area contributed by atoms with Crippen molar-refractivity contribution in [1.82, 2.24) is 4.90 Å². The average Bonchev–Trinajstić information content (AvgIpc) is 3.18. The van der Waals surface area contributed by atoms with Crippen LogP contribution in [0.5, 0.6) is 0 Å². The van der Waals surface area contributed by atoms with Gasteiger partial charge in [-0.05, 0) is 92.3 Å². The number of nitrogens with zero attached hydrogens (tertiary/aromatic N) is 1. The van der Waals surface area contributed by atoms with Crippen LogP contribution in [0, 0.1) is 11.6 Å². The molecule has 2 heterocycles. The van der Waals surface area contributed by atoms with Gasteiger partial charge >= 0.3 is 0 Å². The summed E-state index contributed by atoms with van der Waals surface area (Å²) >= 11 is 0. The maximum Gasteiger partial charge on any atom is 0.123 e. The van der Waals surface area contributed by atoms with E-state index in [4.69, 9.17) is 0 Å². The summed E-state index contributed by atoms with van der Waals surface area (Å²) in [5.74, 6) is -0.299. The Morgan fingerprint density at radius 2 is 1.41 bits per heavy atom. The van der Waals surface area contributed by atoms with E-state index in [0.29, 0.717) is 0 Å². The first kappa shape index (κ1) is 21.1. The fourth-order valence-corrected chi connectivity index (χ4v) is 5.55. The van der Waals surface area contributed by atoms with E-state index in [0.717, 1.165) is 50.1 Å². The number of benzene rings is 3. The minimum Gasteiger partial charge on any atom is -0.384 e. The number of anilines is 1. The molecule has 32 heavy (non-hydrogen) atoms. The zero-order valence-corrected chi connectivity index (χ0v) is 18.4. The summed E-state index contributed by atoms with van der Waals surface area (Å²) in [7, 11) is 0. The van der Waals surface area contributed by atoms with Crippen LogP contribution in [0.1, 0.15) is 48.3 Å². The molecule has 1 fully saturated rings. The lowest BCUT2D eigenvalue weighted by Gasteiger charge is -2.39. The average molecular weight is 433 g/mol. The molecule has 0 amide bonds. The van der Waals surface area contributed by atoms with E-state index in [1.807, 2.05) is 24.3 Å². The van der Waals surface area contributed by atoms with Gasteiger partial charge < -0.3 is 10.2 Å². The summed E-state index contributed by atoms with van der Waals surface area (Å²) in [4.78, 5) is 2.58. The number of nitrogens with one attached hydrogen (secondary N) is 1. The number of halogens is 2. The number of piperidine rings is 1. The van der Waals surface area contributed by atoms with Crippen LogP contribution in [-0.4, -0.2) is 31.1 Å². The zero-order valence-electron chi connectivity index (χ0n) is 18.4. The Kier molecular flexibility index (Phi) is 5.97. The number of fused-ring (bicyclic) bond motifs is 2. The molecule has 0 aliphatic carbocycles. The van der Waals surface area contributed by atoms with Crippen molar-refractivity contribution in [2.45, 2.75) is 37.0 Å². The van der Waals surface area contributed by atoms with Gasteiger partial charge in [-0.1, -0.05) is 42.5 Å². The summed E-state index contributed by atoms with van der Waals surface area (Å²) in [5.41, 5.74) is 5.26. The molecule has 3 aromatic rings. The molecule has 0 saturated carbocycles. The summed E-state index contributed by atoms with van der Waals surface area (Å²) in [5, 5.41) is 3.61. The molecule has 2 aliphatic rings. The number of para-hydroxylation sites is 1. The molecule has 4 heteroatoms. The van der Waals surface area contributed by atoms with Crippen molar-refractivity contribution < 1.29 is 8.78 Å². The summed E-state index contributed by atoms with van der Waals surface area (Å²) in [6.45, 7) is 4.35. The lowest BCUT2D eigenvalue weighted by atomic mass is 9.74. The highest BCUT2D eigenvalue weighted by Crippen LogP contribution is 2.43. The first-order valence-electron chi connectivity index (χ1n) is 11.7. The largest absolute Gasteiger partial charge is 0.384 e. The molecular weight excluding hydrogens is 402 g/mol. The Morgan fingerprint density at radius 3 is 2.03 bits per heavy atom. The van der Waals surface area contributed by atoms with E-state index in [9.17, 15) is 8.78 Å². The van der Waals surface area contributed by atoms with Gasteiger partial charge in [-0.3, -0.25) is 0 Å². The van der Waals surface area contributed by atoms with Crippen molar-refractivity contribution in [3.63, 3.8) is 0 Å². The third-order valence-electron chi connectivity index (χ3n) is 7.44. The maximum atomic E-state index is 13.5. The second kappa shape index (κ2) is 9.03. The molecule has 1 N–H and O–H groups in total. The first-order chi connectivity index (χ1) is 15.6. The second-order valence-electron chi connectivity index (χ2n) is 9.32. The van der Waals surface area contributed by atoms with Crippen molar-refractivity contribution in [1.29, 1.82) is 0 Å². The van der Waals surface area contributed by atoms with Gasteiger partial charge in [0.15, 0.2) is 0 Å². The molecule has 0 radical (unpaired) electrons. The summed E-state index contributed by atoms with van der Waals surface area (Å²) in [6.07, 6.45) is 4.40. The molecule has 1 spiro atoms. The van der Waals surface area contributed by atoms with Crippen LogP contribution in [0.25, 0.3) is 0 Å². The van der Waals surface area contributed by atoms with Crippen molar-refractivity contribution in [2.75, 3.05) is 31.5 Å². The predicted molar refractivity (Wildman–Crippen MR) is 126 cm³/mol. The van der Waals surface area contributed by atoms with Gasteiger partial charge in [-0.2, -0.15) is 0 Å². The Bertz CT molecular complexity index is 992. The summed E-state index contributed by atoms with van der Waals surface area (Å²) in [6, 6.07) is 22.3. The van der Waals surface area contributed by atoms with E-state index >= 15 is 0 Å². The Hall–Kier alpha value is -2.72. The number of hydrogen-bond acceptors (Lipinski definition) is 2. The SMILES string of the molecule is Fc1ccc(C(CCCN2CCC3(CC2)CNc2ccccc23)c2ccc(F)cc2)cc1.